The van der Waals surface area contributed by atoms with Crippen LogP contribution in [0.1, 0.15) is 25.0 Å². The molecule has 100 valence electrons. The first-order chi connectivity index (χ1) is 8.29. The van der Waals surface area contributed by atoms with Gasteiger partial charge in [0, 0.05) is 0 Å². The molecule has 0 aliphatic rings. The summed E-state index contributed by atoms with van der Waals surface area (Å²) in [6, 6.07) is 10.5. The summed E-state index contributed by atoms with van der Waals surface area (Å²) in [4.78, 5) is 0. The van der Waals surface area contributed by atoms with E-state index in [1.54, 1.807) is 0 Å². The van der Waals surface area contributed by atoms with Crippen molar-refractivity contribution in [1.29, 1.82) is 0 Å². The van der Waals surface area contributed by atoms with Crippen LogP contribution in [-0.4, -0.2) is 8.32 Å². The highest BCUT2D eigenvalue weighted by molar-refractivity contribution is 9.28. The van der Waals surface area contributed by atoms with Crippen LogP contribution in [0.4, 0.5) is 0 Å². The molecule has 0 saturated heterocycles. The van der Waals surface area contributed by atoms with Crippen LogP contribution in [0, 0.1) is 0 Å². The molecule has 0 spiro atoms. The largest absolute Gasteiger partial charge is 0.410 e. The zero-order valence-electron chi connectivity index (χ0n) is 11.3. The molecule has 4 heteroatoms. The van der Waals surface area contributed by atoms with Gasteiger partial charge in [0.05, 0.1) is 9.50 Å². The van der Waals surface area contributed by atoms with E-state index in [0.717, 1.165) is 9.81 Å². The summed E-state index contributed by atoms with van der Waals surface area (Å²) in [5, 5.41) is 0. The van der Waals surface area contributed by atoms with Crippen molar-refractivity contribution in [2.24, 2.45) is 0 Å². The van der Waals surface area contributed by atoms with E-state index >= 15 is 0 Å². The molecule has 0 saturated carbocycles. The molecule has 18 heavy (non-hydrogen) atoms. The minimum atomic E-state index is -1.56. The second-order valence-electron chi connectivity index (χ2n) is 5.37. The second kappa shape index (κ2) is 7.03. The van der Waals surface area contributed by atoms with Crippen LogP contribution in [0.25, 0.3) is 0 Å². The first-order valence-electron chi connectivity index (χ1n) is 6.03. The van der Waals surface area contributed by atoms with E-state index in [1.807, 2.05) is 6.07 Å². The normalized spacial score (nSPS) is 13.2. The molecule has 1 nitrogen and oxygen atoms in total. The number of hydrogen-bond acceptors (Lipinski definition) is 1. The summed E-state index contributed by atoms with van der Waals surface area (Å²) in [6.45, 7) is 8.80. The summed E-state index contributed by atoms with van der Waals surface area (Å²) in [5.41, 5.74) is 2.52. The molecule has 0 fully saturated rings. The van der Waals surface area contributed by atoms with Crippen LogP contribution in [-0.2, 0) is 4.43 Å². The van der Waals surface area contributed by atoms with Crippen molar-refractivity contribution in [3.8, 4) is 0 Å². The Morgan fingerprint density at radius 1 is 1.17 bits per heavy atom. The zero-order valence-corrected chi connectivity index (χ0v) is 15.5. The summed E-state index contributed by atoms with van der Waals surface area (Å²) in [5.74, 6) is 0. The first-order valence-corrected chi connectivity index (χ1v) is 11.0. The van der Waals surface area contributed by atoms with Crippen LogP contribution in [0.3, 0.4) is 0 Å². The highest BCUT2D eigenvalue weighted by Crippen LogP contribution is 2.32. The van der Waals surface area contributed by atoms with E-state index in [9.17, 15) is 0 Å². The van der Waals surface area contributed by atoms with Crippen molar-refractivity contribution in [2.75, 3.05) is 0 Å². The molecule has 0 aromatic heterocycles. The maximum Gasteiger partial charge on any atom is 0.184 e. The molecule has 1 aromatic rings. The van der Waals surface area contributed by atoms with Gasteiger partial charge in [-0.15, -0.1) is 0 Å². The van der Waals surface area contributed by atoms with Crippen molar-refractivity contribution >= 4 is 40.2 Å². The average Bonchev–Trinajstić information content (AvgIpc) is 2.27. The van der Waals surface area contributed by atoms with Gasteiger partial charge in [-0.3, -0.25) is 0 Å². The fraction of sp³-hybridized carbons (Fsp3) is 0.429. The quantitative estimate of drug-likeness (QED) is 0.560. The lowest BCUT2D eigenvalue weighted by Crippen LogP contribution is -2.28. The van der Waals surface area contributed by atoms with Gasteiger partial charge in [-0.2, -0.15) is 0 Å². The van der Waals surface area contributed by atoms with Gasteiger partial charge in [-0.25, -0.2) is 0 Å². The van der Waals surface area contributed by atoms with Gasteiger partial charge in [0.15, 0.2) is 8.32 Å². The fourth-order valence-electron chi connectivity index (χ4n) is 1.68. The molecular weight excluding hydrogens is 372 g/mol. The molecule has 0 amide bonds. The van der Waals surface area contributed by atoms with E-state index in [1.165, 1.54) is 11.1 Å². The lowest BCUT2D eigenvalue weighted by molar-refractivity contribution is 0.198. The Balaban J connectivity index is 2.93. The second-order valence-corrected chi connectivity index (χ2v) is 12.5. The maximum atomic E-state index is 6.31. The molecule has 1 unspecified atom stereocenters. The summed E-state index contributed by atoms with van der Waals surface area (Å²) in [6.07, 6.45) is 1.04. The lowest BCUT2D eigenvalue weighted by Gasteiger charge is -2.27. The average molecular weight is 392 g/mol. The van der Waals surface area contributed by atoms with Crippen LogP contribution in [0.5, 0.6) is 0 Å². The Hall–Kier alpha value is 0.0969. The smallest absolute Gasteiger partial charge is 0.184 e. The summed E-state index contributed by atoms with van der Waals surface area (Å²) < 4.78 is 7.33. The van der Waals surface area contributed by atoms with Gasteiger partial charge in [0.2, 0.25) is 0 Å². The van der Waals surface area contributed by atoms with Crippen molar-refractivity contribution in [3.05, 3.63) is 44.9 Å². The number of benzene rings is 1. The topological polar surface area (TPSA) is 9.23 Å². The summed E-state index contributed by atoms with van der Waals surface area (Å²) in [7, 11) is -1.56. The molecule has 1 rings (SSSR count). The van der Waals surface area contributed by atoms with Crippen molar-refractivity contribution < 1.29 is 4.43 Å². The minimum Gasteiger partial charge on any atom is -0.410 e. The summed E-state index contributed by atoms with van der Waals surface area (Å²) >= 11 is 6.95. The van der Waals surface area contributed by atoms with Crippen LogP contribution in [0.2, 0.25) is 19.6 Å². The third-order valence-corrected chi connectivity index (χ3v) is 4.83. The Morgan fingerprint density at radius 2 is 1.72 bits per heavy atom. The maximum absolute atomic E-state index is 6.31. The molecular formula is C14H20Br2OSi. The number of rotatable bonds is 5. The van der Waals surface area contributed by atoms with Crippen LogP contribution in [0.15, 0.2) is 39.3 Å². The van der Waals surface area contributed by atoms with Crippen LogP contribution >= 0.6 is 31.9 Å². The molecule has 0 aliphatic carbocycles. The highest BCUT2D eigenvalue weighted by atomic mass is 79.9. The van der Waals surface area contributed by atoms with E-state index in [4.69, 9.17) is 4.43 Å². The molecule has 0 N–H and O–H groups in total. The predicted molar refractivity (Wildman–Crippen MR) is 88.8 cm³/mol. The zero-order chi connectivity index (χ0) is 13.8. The predicted octanol–water partition coefficient (Wildman–Crippen LogP) is 5.99. The Bertz CT molecular complexity index is 406. The van der Waals surface area contributed by atoms with Gasteiger partial charge >= 0.3 is 0 Å². The van der Waals surface area contributed by atoms with Crippen LogP contribution < -0.4 is 0 Å². The molecule has 0 bridgehead atoms. The fourth-order valence-corrected chi connectivity index (χ4v) is 3.07. The van der Waals surface area contributed by atoms with E-state index < -0.39 is 8.32 Å². The van der Waals surface area contributed by atoms with Gasteiger partial charge in [-0.05, 0) is 76.0 Å². The van der Waals surface area contributed by atoms with Gasteiger partial charge in [0.1, 0.15) is 0 Å². The van der Waals surface area contributed by atoms with E-state index in [2.05, 4.69) is 82.7 Å². The van der Waals surface area contributed by atoms with E-state index in [-0.39, 0.29) is 6.10 Å². The van der Waals surface area contributed by atoms with Crippen molar-refractivity contribution in [2.45, 2.75) is 39.1 Å². The minimum absolute atomic E-state index is 0.142. The van der Waals surface area contributed by atoms with Crippen molar-refractivity contribution in [1.82, 2.24) is 0 Å². The monoisotopic (exact) mass is 390 g/mol. The highest BCUT2D eigenvalue weighted by Gasteiger charge is 2.22. The molecule has 1 atom stereocenters. The third kappa shape index (κ3) is 5.82. The Kier molecular flexibility index (Phi) is 6.31. The SMILES string of the molecule is CC(CC(O[Si](C)(C)C)c1ccccc1)=C(Br)Br. The lowest BCUT2D eigenvalue weighted by atomic mass is 10.0. The van der Waals surface area contributed by atoms with Gasteiger partial charge < -0.3 is 4.43 Å². The number of halogens is 2. The first kappa shape index (κ1) is 16.2. The standard InChI is InChI=1S/C14H20Br2OSi/c1-11(14(15)16)10-13(17-18(2,3)4)12-8-6-5-7-9-12/h5-9,13H,10H2,1-4H3. The van der Waals surface area contributed by atoms with E-state index in [0.29, 0.717) is 0 Å². The number of hydrogen-bond donors (Lipinski definition) is 0. The Morgan fingerprint density at radius 3 is 2.17 bits per heavy atom. The molecule has 0 radical (unpaired) electrons. The third-order valence-electron chi connectivity index (χ3n) is 2.48. The van der Waals surface area contributed by atoms with Gasteiger partial charge in [-0.1, -0.05) is 30.3 Å². The Labute approximate surface area is 128 Å². The molecule has 0 aliphatic heterocycles. The van der Waals surface area contributed by atoms with Gasteiger partial charge in [0.25, 0.3) is 0 Å². The molecule has 0 heterocycles. The van der Waals surface area contributed by atoms with Crippen molar-refractivity contribution in [3.63, 3.8) is 0 Å². The molecule has 1 aromatic carbocycles.